The highest BCUT2D eigenvalue weighted by molar-refractivity contribution is 7.89. The zero-order valence-corrected chi connectivity index (χ0v) is 29.8. The van der Waals surface area contributed by atoms with Gasteiger partial charge in [0.2, 0.25) is 31.8 Å². The minimum atomic E-state index is -3.27. The van der Waals surface area contributed by atoms with Gasteiger partial charge in [-0.15, -0.1) is 0 Å². The first-order valence-electron chi connectivity index (χ1n) is 14.5. The summed E-state index contributed by atoms with van der Waals surface area (Å²) in [6, 6.07) is 11.0. The number of hydrogen-bond acceptors (Lipinski definition) is 12. The number of hydrogen-bond donors (Lipinski definition) is 4. The Labute approximate surface area is 290 Å². The van der Waals surface area contributed by atoms with E-state index in [1.807, 2.05) is 36.4 Å². The molecule has 2 aromatic heterocycles. The lowest BCUT2D eigenvalue weighted by molar-refractivity contribution is 0.387. The van der Waals surface area contributed by atoms with E-state index in [1.54, 1.807) is 12.4 Å². The number of ether oxygens (including phenoxy) is 2. The van der Waals surface area contributed by atoms with Gasteiger partial charge in [-0.25, -0.2) is 36.2 Å². The van der Waals surface area contributed by atoms with Gasteiger partial charge in [0.25, 0.3) is 0 Å². The second kappa shape index (κ2) is 16.8. The first kappa shape index (κ1) is 37.3. The lowest BCUT2D eigenvalue weighted by Gasteiger charge is -2.15. The minimum Gasteiger partial charge on any atom is -0.480 e. The molecule has 0 aliphatic heterocycles. The van der Waals surface area contributed by atoms with Crippen molar-refractivity contribution >= 4 is 43.2 Å². The van der Waals surface area contributed by atoms with E-state index in [2.05, 4.69) is 40.0 Å². The Morgan fingerprint density at radius 3 is 1.35 bits per heavy atom. The Kier molecular flexibility index (Phi) is 13.0. The van der Waals surface area contributed by atoms with Crippen molar-refractivity contribution in [2.75, 3.05) is 52.9 Å². The molecule has 4 N–H and O–H groups in total. The predicted octanol–water partition coefficient (Wildman–Crippen LogP) is 2.87. The summed E-state index contributed by atoms with van der Waals surface area (Å²) >= 11 is 13.9. The van der Waals surface area contributed by atoms with Crippen molar-refractivity contribution in [3.63, 3.8) is 0 Å². The van der Waals surface area contributed by atoms with Gasteiger partial charge in [-0.2, -0.15) is 0 Å². The summed E-state index contributed by atoms with van der Waals surface area (Å²) in [5.74, 6) is 0.601. The molecule has 258 valence electrons. The number of sulfonamides is 2. The van der Waals surface area contributed by atoms with Gasteiger partial charge in [0.15, 0.2) is 0 Å². The van der Waals surface area contributed by atoms with E-state index in [0.29, 0.717) is 93.0 Å². The lowest BCUT2D eigenvalue weighted by Crippen LogP contribution is -2.31. The van der Waals surface area contributed by atoms with E-state index in [9.17, 15) is 16.8 Å². The Hall–Kier alpha value is -3.48. The van der Waals surface area contributed by atoms with E-state index in [0.717, 1.165) is 12.5 Å². The van der Waals surface area contributed by atoms with E-state index in [4.69, 9.17) is 32.7 Å². The second-order valence-electron chi connectivity index (χ2n) is 10.4. The third-order valence-electron chi connectivity index (χ3n) is 6.77. The van der Waals surface area contributed by atoms with Crippen LogP contribution in [0, 0.1) is 0 Å². The number of aromatic nitrogens is 4. The maximum atomic E-state index is 11.3. The zero-order valence-electron chi connectivity index (χ0n) is 26.7. The number of benzene rings is 2. The molecule has 0 saturated heterocycles. The fraction of sp³-hybridized carbons (Fsp3) is 0.333. The van der Waals surface area contributed by atoms with Gasteiger partial charge in [-0.05, 0) is 0 Å². The third kappa shape index (κ3) is 10.3. The fourth-order valence-electron chi connectivity index (χ4n) is 4.56. The van der Waals surface area contributed by atoms with Crippen molar-refractivity contribution in [1.82, 2.24) is 40.0 Å². The van der Waals surface area contributed by atoms with Crippen LogP contribution in [0.25, 0.3) is 33.6 Å². The smallest absolute Gasteiger partial charge is 0.237 e. The summed E-state index contributed by atoms with van der Waals surface area (Å²) < 4.78 is 60.8. The topological polar surface area (TPSA) is 186 Å². The third-order valence-corrected chi connectivity index (χ3v) is 9.04. The summed E-state index contributed by atoms with van der Waals surface area (Å²) in [5.41, 5.74) is 4.62. The minimum absolute atomic E-state index is 0.232. The molecule has 14 nitrogen and oxygen atoms in total. The van der Waals surface area contributed by atoms with E-state index in [1.165, 1.54) is 14.2 Å². The highest BCUT2D eigenvalue weighted by atomic mass is 35.5. The zero-order chi connectivity index (χ0) is 34.9. The Morgan fingerprint density at radius 1 is 0.625 bits per heavy atom. The van der Waals surface area contributed by atoms with Crippen LogP contribution in [0.2, 0.25) is 10.0 Å². The van der Waals surface area contributed by atoms with Crippen molar-refractivity contribution < 1.29 is 26.3 Å². The molecule has 0 saturated carbocycles. The normalized spacial score (nSPS) is 11.9. The molecule has 0 radical (unpaired) electrons. The number of methoxy groups -OCH3 is 2. The average Bonchev–Trinajstić information content (AvgIpc) is 3.04. The average molecular weight is 740 g/mol. The number of halogens is 2. The molecule has 0 aliphatic carbocycles. The van der Waals surface area contributed by atoms with Crippen LogP contribution >= 0.6 is 23.2 Å². The van der Waals surface area contributed by atoms with Gasteiger partial charge in [0.1, 0.15) is 11.4 Å². The van der Waals surface area contributed by atoms with Crippen LogP contribution in [0.3, 0.4) is 0 Å². The molecule has 48 heavy (non-hydrogen) atoms. The molecule has 0 spiro atoms. The van der Waals surface area contributed by atoms with E-state index in [-0.39, 0.29) is 13.1 Å². The van der Waals surface area contributed by atoms with Crippen LogP contribution in [0.4, 0.5) is 0 Å². The van der Waals surface area contributed by atoms with Crippen LogP contribution in [0.5, 0.6) is 11.8 Å². The Morgan fingerprint density at radius 2 is 1.00 bits per heavy atom. The first-order valence-corrected chi connectivity index (χ1v) is 19.0. The number of nitrogens with zero attached hydrogens (tertiary/aromatic N) is 4. The van der Waals surface area contributed by atoms with Gasteiger partial charge in [0, 0.05) is 61.5 Å². The van der Waals surface area contributed by atoms with Crippen molar-refractivity contribution in [3.8, 4) is 45.4 Å². The lowest BCUT2D eigenvalue weighted by atomic mass is 9.98. The monoisotopic (exact) mass is 738 g/mol. The molecular formula is C30H36Cl2N8O6S2. The highest BCUT2D eigenvalue weighted by Gasteiger charge is 2.19. The molecule has 0 aliphatic rings. The summed E-state index contributed by atoms with van der Waals surface area (Å²) in [4.78, 5) is 18.3. The van der Waals surface area contributed by atoms with Crippen LogP contribution in [-0.2, 0) is 33.1 Å². The van der Waals surface area contributed by atoms with E-state index < -0.39 is 20.0 Å². The second-order valence-corrected chi connectivity index (χ2v) is 14.9. The predicted molar refractivity (Wildman–Crippen MR) is 186 cm³/mol. The van der Waals surface area contributed by atoms with Crippen LogP contribution in [0.1, 0.15) is 11.4 Å². The van der Waals surface area contributed by atoms with Gasteiger partial charge in [0.05, 0.1) is 60.6 Å². The fourth-order valence-corrected chi connectivity index (χ4v) is 6.16. The molecule has 0 fully saturated rings. The molecule has 0 bridgehead atoms. The quantitative estimate of drug-likeness (QED) is 0.116. The van der Waals surface area contributed by atoms with Gasteiger partial charge < -0.3 is 20.1 Å². The molecule has 0 unspecified atom stereocenters. The molecule has 2 heterocycles. The Bertz CT molecular complexity index is 1830. The SMILES string of the molecule is COc1nc(-c2cccc(-c3cccc(-c4cnc(CNCCNS(C)(=O)=O)c(OC)n4)c3Cl)c2Cl)cnc1CNCCNS(C)(=O)=O. The summed E-state index contributed by atoms with van der Waals surface area (Å²) in [6.45, 7) is 1.87. The van der Waals surface area contributed by atoms with Crippen LogP contribution in [0.15, 0.2) is 48.8 Å². The van der Waals surface area contributed by atoms with Crippen molar-refractivity contribution in [2.45, 2.75) is 13.1 Å². The van der Waals surface area contributed by atoms with Crippen molar-refractivity contribution in [1.29, 1.82) is 0 Å². The molecular weight excluding hydrogens is 703 g/mol. The Balaban J connectivity index is 1.55. The van der Waals surface area contributed by atoms with E-state index >= 15 is 0 Å². The first-order chi connectivity index (χ1) is 22.8. The van der Waals surface area contributed by atoms with Crippen LogP contribution < -0.4 is 29.6 Å². The van der Waals surface area contributed by atoms with Crippen LogP contribution in [-0.4, -0.2) is 89.7 Å². The molecule has 2 aromatic carbocycles. The highest BCUT2D eigenvalue weighted by Crippen LogP contribution is 2.42. The summed E-state index contributed by atoms with van der Waals surface area (Å²) in [7, 11) is -3.55. The molecule has 0 amide bonds. The summed E-state index contributed by atoms with van der Waals surface area (Å²) in [5, 5.41) is 7.03. The number of rotatable bonds is 17. The summed E-state index contributed by atoms with van der Waals surface area (Å²) in [6.07, 6.45) is 5.39. The maximum Gasteiger partial charge on any atom is 0.237 e. The van der Waals surface area contributed by atoms with Crippen molar-refractivity contribution in [2.24, 2.45) is 0 Å². The number of nitrogens with one attached hydrogen (secondary N) is 4. The van der Waals surface area contributed by atoms with Gasteiger partial charge in [-0.1, -0.05) is 59.6 Å². The molecule has 0 atom stereocenters. The van der Waals surface area contributed by atoms with Crippen molar-refractivity contribution in [3.05, 3.63) is 70.2 Å². The van der Waals surface area contributed by atoms with Gasteiger partial charge >= 0.3 is 0 Å². The molecule has 18 heteroatoms. The largest absolute Gasteiger partial charge is 0.480 e. The standard InChI is InChI=1S/C30H36Cl2N8O6S2/c1-45-29-25(15-33-11-13-37-47(3,41)42)35-17-23(39-29)21-9-5-7-19(27(21)31)20-8-6-10-22(28(20)32)24-18-36-26(30(40-24)46-2)16-34-12-14-38-48(4,43)44/h5-10,17-18,33-34,37-38H,11-16H2,1-4H3. The molecule has 4 aromatic rings. The van der Waals surface area contributed by atoms with Gasteiger partial charge in [-0.3, -0.25) is 9.97 Å². The maximum absolute atomic E-state index is 11.3. The molecule has 4 rings (SSSR count).